The first-order valence-corrected chi connectivity index (χ1v) is 10.1. The molecule has 0 aromatic rings. The lowest BCUT2D eigenvalue weighted by atomic mass is 10.1. The minimum absolute atomic E-state index is 0.118. The molecule has 0 aromatic heterocycles. The van der Waals surface area contributed by atoms with Crippen molar-refractivity contribution in [3.63, 3.8) is 0 Å². The van der Waals surface area contributed by atoms with Crippen molar-refractivity contribution < 1.29 is 9.53 Å². The smallest absolute Gasteiger partial charge is 0.196 e. The second kappa shape index (κ2) is 6.87. The van der Waals surface area contributed by atoms with E-state index >= 15 is 0 Å². The van der Waals surface area contributed by atoms with Crippen molar-refractivity contribution in [2.24, 2.45) is 0 Å². The Morgan fingerprint density at radius 1 is 1.17 bits per heavy atom. The van der Waals surface area contributed by atoms with Gasteiger partial charge in [0, 0.05) is 6.42 Å². The summed E-state index contributed by atoms with van der Waals surface area (Å²) in [6, 6.07) is 0. The Kier molecular flexibility index (Phi) is 6.83. The van der Waals surface area contributed by atoms with Gasteiger partial charge in [0.25, 0.3) is 0 Å². The molecule has 0 fully saturated rings. The van der Waals surface area contributed by atoms with Crippen molar-refractivity contribution in [3.05, 3.63) is 12.2 Å². The van der Waals surface area contributed by atoms with E-state index in [1.165, 1.54) is 6.42 Å². The Morgan fingerprint density at radius 2 is 1.72 bits per heavy atom. The molecule has 0 aliphatic rings. The van der Waals surface area contributed by atoms with Crippen LogP contribution < -0.4 is 0 Å². The molecule has 1 atom stereocenters. The van der Waals surface area contributed by atoms with Gasteiger partial charge in [0.2, 0.25) is 0 Å². The summed E-state index contributed by atoms with van der Waals surface area (Å²) in [6.45, 7) is 15.1. The third-order valence-corrected chi connectivity index (χ3v) is 8.32. The van der Waals surface area contributed by atoms with E-state index < -0.39 is 14.1 Å². The molecule has 0 bridgehead atoms. The zero-order valence-corrected chi connectivity index (χ0v) is 14.3. The highest BCUT2D eigenvalue weighted by Gasteiger charge is 2.42. The predicted molar refractivity (Wildman–Crippen MR) is 82.2 cm³/mol. The maximum absolute atomic E-state index is 10.5. The van der Waals surface area contributed by atoms with E-state index in [1.54, 1.807) is 0 Å². The van der Waals surface area contributed by atoms with Crippen LogP contribution in [-0.4, -0.2) is 19.2 Å². The van der Waals surface area contributed by atoms with Crippen molar-refractivity contribution in [3.8, 4) is 0 Å². The molecule has 0 aromatic carbocycles. The Labute approximate surface area is 115 Å². The van der Waals surface area contributed by atoms with Gasteiger partial charge >= 0.3 is 0 Å². The van der Waals surface area contributed by atoms with Crippen molar-refractivity contribution >= 4 is 8.32 Å². The Morgan fingerprint density at radius 3 is 2.11 bits per heavy atom. The average Bonchev–Trinajstić information content (AvgIpc) is 2.22. The third kappa shape index (κ3) is 5.68. The van der Waals surface area contributed by atoms with Crippen LogP contribution in [0.15, 0.2) is 12.2 Å². The molecule has 0 aliphatic carbocycles. The van der Waals surface area contributed by atoms with E-state index in [0.717, 1.165) is 12.8 Å². The Bertz CT molecular complexity index is 266. The summed E-state index contributed by atoms with van der Waals surface area (Å²) < 4.78 is 6.13. The predicted octanol–water partition coefficient (Wildman–Crippen LogP) is 4.85. The van der Waals surface area contributed by atoms with Crippen LogP contribution in [0.25, 0.3) is 0 Å². The van der Waals surface area contributed by atoms with Gasteiger partial charge in [-0.25, -0.2) is 0 Å². The van der Waals surface area contributed by atoms with Gasteiger partial charge in [0.05, 0.1) is 0 Å². The van der Waals surface area contributed by atoms with E-state index in [-0.39, 0.29) is 5.04 Å². The molecule has 0 unspecified atom stereocenters. The summed E-state index contributed by atoms with van der Waals surface area (Å²) in [5.74, 6) is -1.09. The molecule has 0 heterocycles. The van der Waals surface area contributed by atoms with Gasteiger partial charge < -0.3 is 9.53 Å². The number of rotatable bonds is 7. The van der Waals surface area contributed by atoms with Crippen LogP contribution in [0, 0.1) is 0 Å². The van der Waals surface area contributed by atoms with Crippen LogP contribution in [0.3, 0.4) is 0 Å². The second-order valence-electron chi connectivity index (χ2n) is 6.61. The van der Waals surface area contributed by atoms with Crippen molar-refractivity contribution in [2.45, 2.75) is 84.2 Å². The number of aliphatic hydroxyl groups is 1. The fourth-order valence-electron chi connectivity index (χ4n) is 1.41. The standard InChI is InChI=1S/C15H32O2Si/c1-8-10-11-12-13-15(16,9-2)17-18(6,7)14(3,4)5/h12-13,16H,8-11H2,1-7H3/b13-12+/t15-/m0/s1. The molecule has 0 rings (SSSR count). The lowest BCUT2D eigenvalue weighted by Gasteiger charge is -2.41. The molecule has 2 nitrogen and oxygen atoms in total. The fraction of sp³-hybridized carbons (Fsp3) is 0.867. The number of allylic oxidation sites excluding steroid dienone is 1. The minimum Gasteiger partial charge on any atom is -0.387 e. The van der Waals surface area contributed by atoms with E-state index in [9.17, 15) is 5.11 Å². The van der Waals surface area contributed by atoms with E-state index in [0.29, 0.717) is 6.42 Å². The monoisotopic (exact) mass is 272 g/mol. The highest BCUT2D eigenvalue weighted by Crippen LogP contribution is 2.39. The highest BCUT2D eigenvalue weighted by atomic mass is 28.4. The summed E-state index contributed by atoms with van der Waals surface area (Å²) in [6.07, 6.45) is 7.86. The van der Waals surface area contributed by atoms with Crippen LogP contribution in [0.2, 0.25) is 18.1 Å². The average molecular weight is 273 g/mol. The molecule has 0 aliphatic heterocycles. The zero-order valence-electron chi connectivity index (χ0n) is 13.3. The largest absolute Gasteiger partial charge is 0.387 e. The number of hydrogen-bond acceptors (Lipinski definition) is 2. The molecular weight excluding hydrogens is 240 g/mol. The van der Waals surface area contributed by atoms with Crippen molar-refractivity contribution in [1.82, 2.24) is 0 Å². The topological polar surface area (TPSA) is 29.5 Å². The molecule has 3 heteroatoms. The van der Waals surface area contributed by atoms with E-state index in [2.05, 4.69) is 46.9 Å². The Hall–Kier alpha value is -0.123. The van der Waals surface area contributed by atoms with Gasteiger partial charge in [-0.05, 0) is 30.6 Å². The fourth-order valence-corrected chi connectivity index (χ4v) is 2.81. The molecule has 0 saturated heterocycles. The van der Waals surface area contributed by atoms with Gasteiger partial charge in [-0.1, -0.05) is 53.5 Å². The Balaban J connectivity index is 4.71. The normalized spacial score (nSPS) is 17.1. The SMILES string of the molecule is CCCC/C=C/[C@](O)(CC)O[Si](C)(C)C(C)(C)C. The van der Waals surface area contributed by atoms with Crippen LogP contribution in [-0.2, 0) is 4.43 Å². The third-order valence-electron chi connectivity index (χ3n) is 3.85. The van der Waals surface area contributed by atoms with Crippen LogP contribution in [0.4, 0.5) is 0 Å². The first-order chi connectivity index (χ1) is 8.08. The molecule has 0 radical (unpaired) electrons. The van der Waals surface area contributed by atoms with Gasteiger partial charge in [-0.3, -0.25) is 0 Å². The zero-order chi connectivity index (χ0) is 14.4. The second-order valence-corrected chi connectivity index (χ2v) is 11.3. The van der Waals surface area contributed by atoms with Gasteiger partial charge in [-0.15, -0.1) is 0 Å². The van der Waals surface area contributed by atoms with E-state index in [1.807, 2.05) is 13.0 Å². The van der Waals surface area contributed by atoms with Gasteiger partial charge in [0.15, 0.2) is 14.1 Å². The highest BCUT2D eigenvalue weighted by molar-refractivity contribution is 6.74. The molecule has 0 amide bonds. The first-order valence-electron chi connectivity index (χ1n) is 7.18. The summed E-state index contributed by atoms with van der Waals surface area (Å²) >= 11 is 0. The number of hydrogen-bond donors (Lipinski definition) is 1. The van der Waals surface area contributed by atoms with Crippen LogP contribution in [0.5, 0.6) is 0 Å². The molecule has 1 N–H and O–H groups in total. The maximum atomic E-state index is 10.5. The summed E-state index contributed by atoms with van der Waals surface area (Å²) in [5.41, 5.74) is 0. The van der Waals surface area contributed by atoms with Crippen molar-refractivity contribution in [2.75, 3.05) is 0 Å². The summed E-state index contributed by atoms with van der Waals surface area (Å²) in [4.78, 5) is 0. The summed E-state index contributed by atoms with van der Waals surface area (Å²) in [7, 11) is -1.93. The molecular formula is C15H32O2Si. The number of unbranched alkanes of at least 4 members (excludes halogenated alkanes) is 2. The van der Waals surface area contributed by atoms with Gasteiger partial charge in [0.1, 0.15) is 0 Å². The van der Waals surface area contributed by atoms with Crippen molar-refractivity contribution in [1.29, 1.82) is 0 Å². The molecule has 18 heavy (non-hydrogen) atoms. The quantitative estimate of drug-likeness (QED) is 0.310. The summed E-state index contributed by atoms with van der Waals surface area (Å²) in [5, 5.41) is 10.7. The molecule has 108 valence electrons. The lowest BCUT2D eigenvalue weighted by molar-refractivity contribution is -0.106. The minimum atomic E-state index is -1.93. The maximum Gasteiger partial charge on any atom is 0.196 e. The van der Waals surface area contributed by atoms with Crippen LogP contribution in [0.1, 0.15) is 60.3 Å². The molecule has 0 spiro atoms. The first kappa shape index (κ1) is 17.9. The lowest BCUT2D eigenvalue weighted by Crippen LogP contribution is -2.48. The van der Waals surface area contributed by atoms with E-state index in [4.69, 9.17) is 4.43 Å². The van der Waals surface area contributed by atoms with Crippen LogP contribution >= 0.6 is 0 Å². The van der Waals surface area contributed by atoms with Gasteiger partial charge in [-0.2, -0.15) is 0 Å². The molecule has 0 saturated carbocycles.